The summed E-state index contributed by atoms with van der Waals surface area (Å²) in [5, 5.41) is 7.73. The molecule has 27 heavy (non-hydrogen) atoms. The third-order valence-electron chi connectivity index (χ3n) is 5.26. The largest absolute Gasteiger partial charge is 0.437 e. The van der Waals surface area contributed by atoms with Crippen molar-refractivity contribution in [2.75, 3.05) is 0 Å². The Balaban J connectivity index is 1.60. The van der Waals surface area contributed by atoms with Crippen LogP contribution in [0.5, 0.6) is 0 Å². The van der Waals surface area contributed by atoms with Crippen molar-refractivity contribution in [3.05, 3.63) is 90.3 Å². The van der Waals surface area contributed by atoms with Crippen molar-refractivity contribution in [2.24, 2.45) is 0 Å². The maximum atomic E-state index is 5.83. The summed E-state index contributed by atoms with van der Waals surface area (Å²) in [6.07, 6.45) is 4.06. The molecule has 0 aliphatic carbocycles. The van der Waals surface area contributed by atoms with Gasteiger partial charge in [-0.25, -0.2) is 4.98 Å². The number of rotatable bonds is 2. The predicted molar refractivity (Wildman–Crippen MR) is 113 cm³/mol. The summed E-state index contributed by atoms with van der Waals surface area (Å²) in [5.74, 6) is 0.626. The van der Waals surface area contributed by atoms with Crippen LogP contribution in [0.1, 0.15) is 11.5 Å². The molecular weight excluding hydrogens is 330 g/mol. The first kappa shape index (κ1) is 14.5. The Labute approximate surface area is 155 Å². The van der Waals surface area contributed by atoms with E-state index in [0.29, 0.717) is 5.89 Å². The SMILES string of the molecule is C(=Cc1cc2cccc3ccc4cccc1c4c32)c1nc2ccccc2o1. The van der Waals surface area contributed by atoms with E-state index in [1.165, 1.54) is 37.9 Å². The van der Waals surface area contributed by atoms with E-state index in [4.69, 9.17) is 4.42 Å². The third kappa shape index (κ3) is 2.17. The van der Waals surface area contributed by atoms with Gasteiger partial charge in [0.1, 0.15) is 5.52 Å². The molecule has 0 saturated carbocycles. The highest BCUT2D eigenvalue weighted by Crippen LogP contribution is 2.37. The number of hydrogen-bond acceptors (Lipinski definition) is 2. The van der Waals surface area contributed by atoms with Crippen molar-refractivity contribution in [1.82, 2.24) is 4.98 Å². The van der Waals surface area contributed by atoms with Gasteiger partial charge in [-0.05, 0) is 62.2 Å². The van der Waals surface area contributed by atoms with Crippen LogP contribution in [-0.4, -0.2) is 4.98 Å². The lowest BCUT2D eigenvalue weighted by atomic mass is 9.91. The van der Waals surface area contributed by atoms with E-state index < -0.39 is 0 Å². The van der Waals surface area contributed by atoms with E-state index in [1.54, 1.807) is 0 Å². The summed E-state index contributed by atoms with van der Waals surface area (Å²) < 4.78 is 5.83. The van der Waals surface area contributed by atoms with Gasteiger partial charge in [0.2, 0.25) is 5.89 Å². The molecule has 0 amide bonds. The third-order valence-corrected chi connectivity index (χ3v) is 5.26. The van der Waals surface area contributed by atoms with Gasteiger partial charge in [-0.3, -0.25) is 0 Å². The highest BCUT2D eigenvalue weighted by Gasteiger charge is 2.10. The van der Waals surface area contributed by atoms with Crippen molar-refractivity contribution in [1.29, 1.82) is 0 Å². The summed E-state index contributed by atoms with van der Waals surface area (Å²) in [4.78, 5) is 4.55. The number of benzene rings is 5. The fourth-order valence-corrected chi connectivity index (χ4v) is 4.05. The molecule has 0 bridgehead atoms. The smallest absolute Gasteiger partial charge is 0.220 e. The molecule has 1 heterocycles. The van der Waals surface area contributed by atoms with Crippen LogP contribution in [0.3, 0.4) is 0 Å². The molecule has 126 valence electrons. The van der Waals surface area contributed by atoms with E-state index in [9.17, 15) is 0 Å². The van der Waals surface area contributed by atoms with Gasteiger partial charge >= 0.3 is 0 Å². The maximum absolute atomic E-state index is 5.83. The zero-order valence-electron chi connectivity index (χ0n) is 14.5. The second kappa shape index (κ2) is 5.42. The minimum absolute atomic E-state index is 0.626. The first-order valence-corrected chi connectivity index (χ1v) is 9.07. The van der Waals surface area contributed by atoms with Crippen molar-refractivity contribution in [2.45, 2.75) is 0 Å². The Kier molecular flexibility index (Phi) is 2.91. The minimum atomic E-state index is 0.626. The molecule has 0 atom stereocenters. The summed E-state index contributed by atoms with van der Waals surface area (Å²) >= 11 is 0. The van der Waals surface area contributed by atoms with Crippen molar-refractivity contribution in [3.8, 4) is 0 Å². The van der Waals surface area contributed by atoms with Crippen LogP contribution >= 0.6 is 0 Å². The molecule has 6 aromatic rings. The number of fused-ring (bicyclic) bond motifs is 1. The molecule has 0 saturated heterocycles. The first-order chi connectivity index (χ1) is 13.4. The van der Waals surface area contributed by atoms with E-state index in [1.807, 2.05) is 30.3 Å². The Morgan fingerprint density at radius 3 is 2.33 bits per heavy atom. The van der Waals surface area contributed by atoms with Crippen LogP contribution in [0.25, 0.3) is 55.6 Å². The maximum Gasteiger partial charge on any atom is 0.220 e. The van der Waals surface area contributed by atoms with Crippen molar-refractivity contribution in [3.63, 3.8) is 0 Å². The molecule has 0 aliphatic heterocycles. The number of para-hydroxylation sites is 2. The average molecular weight is 345 g/mol. The topological polar surface area (TPSA) is 26.0 Å². The summed E-state index contributed by atoms with van der Waals surface area (Å²) in [5.41, 5.74) is 2.87. The molecule has 2 nitrogen and oxygen atoms in total. The lowest BCUT2D eigenvalue weighted by molar-refractivity contribution is 0.590. The number of hydrogen-bond donors (Lipinski definition) is 0. The van der Waals surface area contributed by atoms with E-state index in [-0.39, 0.29) is 0 Å². The second-order valence-electron chi connectivity index (χ2n) is 6.87. The van der Waals surface area contributed by atoms with Gasteiger partial charge in [-0.1, -0.05) is 60.7 Å². The molecule has 1 aromatic heterocycles. The molecule has 0 fully saturated rings. The van der Waals surface area contributed by atoms with Crippen LogP contribution < -0.4 is 0 Å². The fourth-order valence-electron chi connectivity index (χ4n) is 4.05. The summed E-state index contributed by atoms with van der Waals surface area (Å²) in [6.45, 7) is 0. The molecule has 6 rings (SSSR count). The number of aromatic nitrogens is 1. The standard InChI is InChI=1S/C25H15NO/c1-2-10-22-21(9-1)26-23(27-22)14-13-18-15-19-7-3-5-16-11-12-17-6-4-8-20(18)25(17)24(16)19/h1-15H. The molecule has 5 aromatic carbocycles. The highest BCUT2D eigenvalue weighted by atomic mass is 16.3. The molecule has 0 radical (unpaired) electrons. The molecule has 0 aliphatic rings. The van der Waals surface area contributed by atoms with Crippen molar-refractivity contribution >= 4 is 55.6 Å². The Morgan fingerprint density at radius 2 is 1.44 bits per heavy atom. The molecular formula is C25H15NO. The normalized spacial score (nSPS) is 12.3. The van der Waals surface area contributed by atoms with Gasteiger partial charge in [0, 0.05) is 6.08 Å². The molecule has 0 N–H and O–H groups in total. The Hall–Kier alpha value is -3.65. The van der Waals surface area contributed by atoms with Crippen LogP contribution in [0.15, 0.2) is 83.3 Å². The van der Waals surface area contributed by atoms with E-state index in [0.717, 1.165) is 11.1 Å². The Morgan fingerprint density at radius 1 is 0.667 bits per heavy atom. The van der Waals surface area contributed by atoms with Crippen molar-refractivity contribution < 1.29 is 4.42 Å². The zero-order chi connectivity index (χ0) is 17.8. The van der Waals surface area contributed by atoms with Gasteiger partial charge in [-0.15, -0.1) is 0 Å². The average Bonchev–Trinajstić information content (AvgIpc) is 3.14. The highest BCUT2D eigenvalue weighted by molar-refractivity contribution is 6.24. The lowest BCUT2D eigenvalue weighted by Crippen LogP contribution is -1.86. The fraction of sp³-hybridized carbons (Fsp3) is 0. The van der Waals surface area contributed by atoms with Crippen LogP contribution in [-0.2, 0) is 0 Å². The van der Waals surface area contributed by atoms with E-state index in [2.05, 4.69) is 65.7 Å². The zero-order valence-corrected chi connectivity index (χ0v) is 14.5. The van der Waals surface area contributed by atoms with Crippen LogP contribution in [0, 0.1) is 0 Å². The molecule has 0 unspecified atom stereocenters. The second-order valence-corrected chi connectivity index (χ2v) is 6.87. The monoisotopic (exact) mass is 345 g/mol. The van der Waals surface area contributed by atoms with Gasteiger partial charge in [0.25, 0.3) is 0 Å². The van der Waals surface area contributed by atoms with Gasteiger partial charge in [0.05, 0.1) is 0 Å². The van der Waals surface area contributed by atoms with E-state index >= 15 is 0 Å². The van der Waals surface area contributed by atoms with Gasteiger partial charge < -0.3 is 4.42 Å². The lowest BCUT2D eigenvalue weighted by Gasteiger charge is -2.12. The summed E-state index contributed by atoms with van der Waals surface area (Å²) in [6, 6.07) is 27.5. The first-order valence-electron chi connectivity index (χ1n) is 9.07. The Bertz CT molecular complexity index is 1440. The van der Waals surface area contributed by atoms with Gasteiger partial charge in [0.15, 0.2) is 5.58 Å². The van der Waals surface area contributed by atoms with Gasteiger partial charge in [-0.2, -0.15) is 0 Å². The number of oxazole rings is 1. The molecule has 0 spiro atoms. The summed E-state index contributed by atoms with van der Waals surface area (Å²) in [7, 11) is 0. The molecule has 2 heteroatoms. The minimum Gasteiger partial charge on any atom is -0.437 e. The van der Waals surface area contributed by atoms with Crippen LogP contribution in [0.2, 0.25) is 0 Å². The quantitative estimate of drug-likeness (QED) is 0.319. The van der Waals surface area contributed by atoms with Crippen LogP contribution in [0.4, 0.5) is 0 Å². The predicted octanol–water partition coefficient (Wildman–Crippen LogP) is 6.90. The number of nitrogens with zero attached hydrogens (tertiary/aromatic N) is 1.